The van der Waals surface area contributed by atoms with E-state index in [1.165, 1.54) is 0 Å². The van der Waals surface area contributed by atoms with Gasteiger partial charge in [0.25, 0.3) is 0 Å². The molecule has 1 aromatic carbocycles. The number of aliphatic hydroxyl groups excluding tert-OH is 1. The van der Waals surface area contributed by atoms with Gasteiger partial charge in [-0.2, -0.15) is 0 Å². The number of hydrogen-bond acceptors (Lipinski definition) is 2. The van der Waals surface area contributed by atoms with Crippen molar-refractivity contribution in [3.8, 4) is 0 Å². The quantitative estimate of drug-likeness (QED) is 0.803. The summed E-state index contributed by atoms with van der Waals surface area (Å²) in [6.07, 6.45) is -0.719. The van der Waals surface area contributed by atoms with Gasteiger partial charge in [-0.15, -0.1) is 0 Å². The van der Waals surface area contributed by atoms with Crippen molar-refractivity contribution >= 4 is 23.2 Å². The van der Waals surface area contributed by atoms with Crippen molar-refractivity contribution in [2.45, 2.75) is 13.0 Å². The highest BCUT2D eigenvalue weighted by Crippen LogP contribution is 2.30. The van der Waals surface area contributed by atoms with Crippen LogP contribution in [0.2, 0.25) is 10.0 Å². The molecule has 0 saturated carbocycles. The summed E-state index contributed by atoms with van der Waals surface area (Å²) in [6.45, 7) is 1.96. The van der Waals surface area contributed by atoms with Crippen molar-refractivity contribution in [3.05, 3.63) is 33.3 Å². The molecule has 72 valence electrons. The van der Waals surface area contributed by atoms with Crippen LogP contribution >= 0.6 is 23.2 Å². The maximum Gasteiger partial charge on any atom is 0.0926 e. The Kier molecular flexibility index (Phi) is 3.56. The third kappa shape index (κ3) is 2.15. The molecule has 0 aromatic heterocycles. The average molecular weight is 220 g/mol. The van der Waals surface area contributed by atoms with Gasteiger partial charge in [0.1, 0.15) is 0 Å². The van der Waals surface area contributed by atoms with E-state index in [0.717, 1.165) is 5.56 Å². The normalized spacial score (nSPS) is 13.0. The zero-order valence-electron chi connectivity index (χ0n) is 7.22. The monoisotopic (exact) mass is 219 g/mol. The van der Waals surface area contributed by atoms with E-state index in [2.05, 4.69) is 0 Å². The minimum atomic E-state index is -0.719. The van der Waals surface area contributed by atoms with Crippen LogP contribution in [-0.4, -0.2) is 11.7 Å². The van der Waals surface area contributed by atoms with Crippen LogP contribution in [0, 0.1) is 6.92 Å². The summed E-state index contributed by atoms with van der Waals surface area (Å²) < 4.78 is 0. The predicted octanol–water partition coefficient (Wildman–Crippen LogP) is 2.29. The number of halogens is 2. The molecule has 3 N–H and O–H groups in total. The van der Waals surface area contributed by atoms with Crippen molar-refractivity contribution in [2.24, 2.45) is 5.73 Å². The minimum Gasteiger partial charge on any atom is -0.387 e. The molecule has 0 amide bonds. The molecular weight excluding hydrogens is 209 g/mol. The van der Waals surface area contributed by atoms with Crippen LogP contribution < -0.4 is 5.73 Å². The first kappa shape index (κ1) is 10.8. The Hall–Kier alpha value is -0.280. The standard InChI is InChI=1S/C9H11Cl2NO/c1-5-7(10)3-2-6(9(5)11)8(13)4-12/h2-3,8,13H,4,12H2,1H3. The number of aliphatic hydroxyl groups is 1. The fraction of sp³-hybridized carbons (Fsp3) is 0.333. The van der Waals surface area contributed by atoms with Crippen molar-refractivity contribution < 1.29 is 5.11 Å². The molecule has 0 bridgehead atoms. The lowest BCUT2D eigenvalue weighted by molar-refractivity contribution is 0.187. The van der Waals surface area contributed by atoms with Crippen molar-refractivity contribution in [1.29, 1.82) is 0 Å². The molecule has 2 nitrogen and oxygen atoms in total. The van der Waals surface area contributed by atoms with Gasteiger partial charge in [-0.05, 0) is 18.6 Å². The van der Waals surface area contributed by atoms with E-state index in [4.69, 9.17) is 28.9 Å². The summed E-state index contributed by atoms with van der Waals surface area (Å²) in [6, 6.07) is 3.40. The number of nitrogens with two attached hydrogens (primary N) is 1. The smallest absolute Gasteiger partial charge is 0.0926 e. The summed E-state index contributed by atoms with van der Waals surface area (Å²) in [4.78, 5) is 0. The zero-order chi connectivity index (χ0) is 10.0. The molecule has 1 rings (SSSR count). The maximum atomic E-state index is 9.47. The van der Waals surface area contributed by atoms with Crippen LogP contribution in [0.4, 0.5) is 0 Å². The van der Waals surface area contributed by atoms with Crippen molar-refractivity contribution in [3.63, 3.8) is 0 Å². The molecule has 4 heteroatoms. The van der Waals surface area contributed by atoms with E-state index in [1.54, 1.807) is 19.1 Å². The highest BCUT2D eigenvalue weighted by molar-refractivity contribution is 6.36. The van der Waals surface area contributed by atoms with Crippen molar-refractivity contribution in [1.82, 2.24) is 0 Å². The molecular formula is C9H11Cl2NO. The third-order valence-electron chi connectivity index (χ3n) is 1.93. The molecule has 0 spiro atoms. The maximum absolute atomic E-state index is 9.47. The summed E-state index contributed by atoms with van der Waals surface area (Å²) in [7, 11) is 0. The van der Waals surface area contributed by atoms with Gasteiger partial charge in [0.2, 0.25) is 0 Å². The zero-order valence-corrected chi connectivity index (χ0v) is 8.73. The van der Waals surface area contributed by atoms with Gasteiger partial charge in [0.15, 0.2) is 0 Å². The molecule has 0 saturated heterocycles. The summed E-state index contributed by atoms with van der Waals surface area (Å²) in [5.41, 5.74) is 6.72. The molecule has 1 aromatic rings. The first-order valence-electron chi connectivity index (χ1n) is 3.90. The van der Waals surface area contributed by atoms with E-state index in [0.29, 0.717) is 15.6 Å². The fourth-order valence-electron chi connectivity index (χ4n) is 1.07. The van der Waals surface area contributed by atoms with Gasteiger partial charge in [-0.3, -0.25) is 0 Å². The lowest BCUT2D eigenvalue weighted by Crippen LogP contribution is -2.12. The van der Waals surface area contributed by atoms with Crippen LogP contribution in [0.15, 0.2) is 12.1 Å². The van der Waals surface area contributed by atoms with Crippen LogP contribution in [0.3, 0.4) is 0 Å². The Labute approximate surface area is 87.3 Å². The van der Waals surface area contributed by atoms with Crippen LogP contribution in [0.5, 0.6) is 0 Å². The molecule has 0 aliphatic heterocycles. The predicted molar refractivity (Wildman–Crippen MR) is 55.2 cm³/mol. The van der Waals surface area contributed by atoms with Gasteiger partial charge < -0.3 is 10.8 Å². The van der Waals surface area contributed by atoms with Gasteiger partial charge in [-0.1, -0.05) is 29.3 Å². The number of hydrogen-bond donors (Lipinski definition) is 2. The van der Waals surface area contributed by atoms with Gasteiger partial charge in [-0.25, -0.2) is 0 Å². The molecule has 0 radical (unpaired) electrons. The Morgan fingerprint density at radius 3 is 2.62 bits per heavy atom. The SMILES string of the molecule is Cc1c(Cl)ccc(C(O)CN)c1Cl. The first-order chi connectivity index (χ1) is 6.07. The second-order valence-electron chi connectivity index (χ2n) is 2.83. The number of rotatable bonds is 2. The van der Waals surface area contributed by atoms with Gasteiger partial charge in [0.05, 0.1) is 11.1 Å². The molecule has 0 aliphatic rings. The lowest BCUT2D eigenvalue weighted by Gasteiger charge is -2.12. The highest BCUT2D eigenvalue weighted by atomic mass is 35.5. The highest BCUT2D eigenvalue weighted by Gasteiger charge is 2.12. The van der Waals surface area contributed by atoms with Gasteiger partial charge in [0, 0.05) is 17.1 Å². The Balaban J connectivity index is 3.18. The minimum absolute atomic E-state index is 0.154. The lowest BCUT2D eigenvalue weighted by atomic mass is 10.1. The van der Waals surface area contributed by atoms with E-state index >= 15 is 0 Å². The van der Waals surface area contributed by atoms with E-state index in [1.807, 2.05) is 0 Å². The molecule has 13 heavy (non-hydrogen) atoms. The molecule has 0 heterocycles. The van der Waals surface area contributed by atoms with E-state index in [-0.39, 0.29) is 6.54 Å². The topological polar surface area (TPSA) is 46.2 Å². The van der Waals surface area contributed by atoms with Crippen LogP contribution in [-0.2, 0) is 0 Å². The summed E-state index contributed by atoms with van der Waals surface area (Å²) in [5, 5.41) is 10.6. The second-order valence-corrected chi connectivity index (χ2v) is 3.61. The van der Waals surface area contributed by atoms with E-state index in [9.17, 15) is 5.11 Å². The van der Waals surface area contributed by atoms with Crippen LogP contribution in [0.25, 0.3) is 0 Å². The largest absolute Gasteiger partial charge is 0.387 e. The summed E-state index contributed by atoms with van der Waals surface area (Å²) >= 11 is 11.8. The fourth-order valence-corrected chi connectivity index (χ4v) is 1.56. The Morgan fingerprint density at radius 2 is 2.08 bits per heavy atom. The Bertz CT molecular complexity index is 315. The van der Waals surface area contributed by atoms with Crippen LogP contribution in [0.1, 0.15) is 17.2 Å². The van der Waals surface area contributed by atoms with E-state index < -0.39 is 6.10 Å². The van der Waals surface area contributed by atoms with Crippen molar-refractivity contribution in [2.75, 3.05) is 6.54 Å². The second kappa shape index (κ2) is 4.29. The molecule has 1 unspecified atom stereocenters. The first-order valence-corrected chi connectivity index (χ1v) is 4.66. The molecule has 0 fully saturated rings. The Morgan fingerprint density at radius 1 is 1.46 bits per heavy atom. The molecule has 0 aliphatic carbocycles. The molecule has 1 atom stereocenters. The summed E-state index contributed by atoms with van der Waals surface area (Å²) in [5.74, 6) is 0. The van der Waals surface area contributed by atoms with Gasteiger partial charge >= 0.3 is 0 Å². The number of benzene rings is 1. The third-order valence-corrected chi connectivity index (χ3v) is 2.84. The average Bonchev–Trinajstić information content (AvgIpc) is 2.13.